The molecule has 0 heterocycles. The van der Waals surface area contributed by atoms with Crippen molar-refractivity contribution in [3.05, 3.63) is 59.1 Å². The summed E-state index contributed by atoms with van der Waals surface area (Å²) in [4.78, 5) is 0. The van der Waals surface area contributed by atoms with Crippen molar-refractivity contribution in [3.8, 4) is 11.1 Å². The summed E-state index contributed by atoms with van der Waals surface area (Å²) in [7, 11) is 0. The van der Waals surface area contributed by atoms with E-state index in [0.29, 0.717) is 0 Å². The lowest BCUT2D eigenvalue weighted by atomic mass is 9.95. The Hall–Kier alpha value is -1.31. The lowest BCUT2D eigenvalue weighted by Gasteiger charge is -2.10. The molecule has 0 amide bonds. The van der Waals surface area contributed by atoms with E-state index >= 15 is 0 Å². The second-order valence-corrected chi connectivity index (χ2v) is 4.35. The van der Waals surface area contributed by atoms with E-state index in [1.54, 1.807) is 0 Å². The lowest BCUT2D eigenvalue weighted by molar-refractivity contribution is 0.818. The summed E-state index contributed by atoms with van der Waals surface area (Å²) >= 11 is 5.68. The van der Waals surface area contributed by atoms with Crippen molar-refractivity contribution < 1.29 is 0 Å². The van der Waals surface area contributed by atoms with Gasteiger partial charge in [-0.25, -0.2) is 0 Å². The van der Waals surface area contributed by atoms with Gasteiger partial charge in [0.25, 0.3) is 0 Å². The van der Waals surface area contributed by atoms with Gasteiger partial charge in [0, 0.05) is 11.1 Å². The Labute approximate surface area is 101 Å². The maximum Gasteiger partial charge on any atom is 0.0406 e. The van der Waals surface area contributed by atoms with Crippen LogP contribution in [0, 0.1) is 0 Å². The first kappa shape index (κ1) is 11.2. The van der Waals surface area contributed by atoms with Crippen LogP contribution >= 0.6 is 11.6 Å². The van der Waals surface area contributed by atoms with Gasteiger partial charge in [0.1, 0.15) is 0 Å². The monoisotopic (exact) mass is 231 g/mol. The molecule has 1 aromatic rings. The molecule has 1 atom stereocenters. The number of benzene rings is 2. The summed E-state index contributed by atoms with van der Waals surface area (Å²) in [5, 5.41) is 0.754. The van der Waals surface area contributed by atoms with Crippen molar-refractivity contribution in [2.45, 2.75) is 13.0 Å². The SMILES string of the molecule is CC(N)c1ccc(Cl)cc1.c1cc2ccc1-2. The van der Waals surface area contributed by atoms with Gasteiger partial charge >= 0.3 is 0 Å². The fourth-order valence-corrected chi connectivity index (χ4v) is 1.56. The van der Waals surface area contributed by atoms with Crippen LogP contribution in [-0.2, 0) is 0 Å². The fourth-order valence-electron chi connectivity index (χ4n) is 1.43. The Bertz CT molecular complexity index is 436. The first-order valence-electron chi connectivity index (χ1n) is 5.28. The number of hydrogen-bond acceptors (Lipinski definition) is 1. The van der Waals surface area contributed by atoms with Crippen molar-refractivity contribution in [2.24, 2.45) is 5.73 Å². The minimum Gasteiger partial charge on any atom is -0.324 e. The zero-order valence-corrected chi connectivity index (χ0v) is 9.91. The Morgan fingerprint density at radius 3 is 1.56 bits per heavy atom. The maximum atomic E-state index is 5.68. The largest absolute Gasteiger partial charge is 0.324 e. The van der Waals surface area contributed by atoms with Crippen molar-refractivity contribution in [1.29, 1.82) is 0 Å². The highest BCUT2D eigenvalue weighted by Crippen LogP contribution is 2.29. The number of hydrogen-bond donors (Lipinski definition) is 1. The highest BCUT2D eigenvalue weighted by molar-refractivity contribution is 6.30. The Kier molecular flexibility index (Phi) is 3.28. The van der Waals surface area contributed by atoms with Gasteiger partial charge in [-0.2, -0.15) is 0 Å². The zero-order chi connectivity index (χ0) is 11.5. The first-order chi connectivity index (χ1) is 7.66. The third-order valence-electron chi connectivity index (χ3n) is 2.61. The topological polar surface area (TPSA) is 26.0 Å². The molecule has 0 spiro atoms. The molecule has 0 bridgehead atoms. The molecule has 82 valence electrons. The molecule has 2 heteroatoms. The molecule has 0 fully saturated rings. The van der Waals surface area contributed by atoms with E-state index in [9.17, 15) is 0 Å². The molecule has 0 aromatic heterocycles. The molecule has 1 unspecified atom stereocenters. The van der Waals surface area contributed by atoms with Crippen molar-refractivity contribution in [2.75, 3.05) is 0 Å². The normalized spacial score (nSPS) is 12.4. The summed E-state index contributed by atoms with van der Waals surface area (Å²) in [6, 6.07) is 16.1. The standard InChI is InChI=1S/C8H10ClN.C6H4/c1-6(10)7-2-4-8(9)5-3-7;1-2-6-4-3-5(1)6/h2-6H,10H2,1H3;1-4H. The van der Waals surface area contributed by atoms with Gasteiger partial charge in [0.15, 0.2) is 0 Å². The molecular weight excluding hydrogens is 218 g/mol. The summed E-state index contributed by atoms with van der Waals surface area (Å²) in [6.45, 7) is 1.95. The van der Waals surface area contributed by atoms with Crippen LogP contribution in [0.25, 0.3) is 11.1 Å². The van der Waals surface area contributed by atoms with E-state index in [1.165, 1.54) is 11.1 Å². The van der Waals surface area contributed by atoms with Gasteiger partial charge in [0.05, 0.1) is 0 Å². The van der Waals surface area contributed by atoms with Crippen LogP contribution in [0.15, 0.2) is 48.5 Å². The Morgan fingerprint density at radius 1 is 0.875 bits per heavy atom. The number of fused-ring (bicyclic) bond motifs is 1. The van der Waals surface area contributed by atoms with Crippen LogP contribution in [0.3, 0.4) is 0 Å². The molecule has 0 saturated heterocycles. The van der Waals surface area contributed by atoms with Gasteiger partial charge in [-0.15, -0.1) is 0 Å². The molecule has 16 heavy (non-hydrogen) atoms. The lowest BCUT2D eigenvalue weighted by Crippen LogP contribution is -2.03. The molecular formula is C14H14ClN. The van der Waals surface area contributed by atoms with E-state index in [1.807, 2.05) is 31.2 Å². The molecule has 3 rings (SSSR count). The second-order valence-electron chi connectivity index (χ2n) is 3.92. The van der Waals surface area contributed by atoms with Crippen LogP contribution in [0.1, 0.15) is 18.5 Å². The number of halogens is 1. The average Bonchev–Trinajstić information content (AvgIpc) is 2.25. The maximum absolute atomic E-state index is 5.68. The third kappa shape index (κ3) is 2.43. The minimum absolute atomic E-state index is 0.0947. The molecule has 2 N–H and O–H groups in total. The van der Waals surface area contributed by atoms with Gasteiger partial charge in [0.2, 0.25) is 0 Å². The fraction of sp³-hybridized carbons (Fsp3) is 0.143. The molecule has 1 aromatic carbocycles. The molecule has 2 aliphatic carbocycles. The van der Waals surface area contributed by atoms with E-state index in [2.05, 4.69) is 24.3 Å². The summed E-state index contributed by atoms with van der Waals surface area (Å²) in [6.07, 6.45) is 0. The van der Waals surface area contributed by atoms with Gasteiger partial charge < -0.3 is 5.73 Å². The molecule has 0 saturated carbocycles. The highest BCUT2D eigenvalue weighted by Gasteiger charge is 2.04. The van der Waals surface area contributed by atoms with Gasteiger partial charge in [-0.05, 0) is 35.7 Å². The molecule has 1 nitrogen and oxygen atoms in total. The zero-order valence-electron chi connectivity index (χ0n) is 9.15. The quantitative estimate of drug-likeness (QED) is 0.673. The Balaban J connectivity index is 0.000000134. The van der Waals surface area contributed by atoms with E-state index in [-0.39, 0.29) is 6.04 Å². The van der Waals surface area contributed by atoms with Crippen LogP contribution in [0.5, 0.6) is 0 Å². The molecule has 0 radical (unpaired) electrons. The Morgan fingerprint density at radius 2 is 1.31 bits per heavy atom. The third-order valence-corrected chi connectivity index (χ3v) is 2.87. The van der Waals surface area contributed by atoms with E-state index in [0.717, 1.165) is 10.6 Å². The average molecular weight is 232 g/mol. The second kappa shape index (κ2) is 4.69. The highest BCUT2D eigenvalue weighted by atomic mass is 35.5. The van der Waals surface area contributed by atoms with Gasteiger partial charge in [-0.3, -0.25) is 0 Å². The van der Waals surface area contributed by atoms with Gasteiger partial charge in [-0.1, -0.05) is 48.0 Å². The van der Waals surface area contributed by atoms with E-state index in [4.69, 9.17) is 17.3 Å². The number of nitrogens with two attached hydrogens (primary N) is 1. The van der Waals surface area contributed by atoms with Crippen LogP contribution in [0.4, 0.5) is 0 Å². The smallest absolute Gasteiger partial charge is 0.0406 e. The summed E-state index contributed by atoms with van der Waals surface area (Å²) in [5.41, 5.74) is 9.59. The minimum atomic E-state index is 0.0947. The summed E-state index contributed by atoms with van der Waals surface area (Å²) < 4.78 is 0. The summed E-state index contributed by atoms with van der Waals surface area (Å²) in [5.74, 6) is 0. The van der Waals surface area contributed by atoms with Crippen molar-refractivity contribution in [1.82, 2.24) is 0 Å². The van der Waals surface area contributed by atoms with Crippen LogP contribution < -0.4 is 5.73 Å². The molecule has 0 aliphatic heterocycles. The number of rotatable bonds is 1. The predicted octanol–water partition coefficient (Wildman–Crippen LogP) is 4.03. The van der Waals surface area contributed by atoms with E-state index < -0.39 is 0 Å². The predicted molar refractivity (Wildman–Crippen MR) is 69.5 cm³/mol. The van der Waals surface area contributed by atoms with Crippen molar-refractivity contribution in [3.63, 3.8) is 0 Å². The first-order valence-corrected chi connectivity index (χ1v) is 5.66. The van der Waals surface area contributed by atoms with Crippen LogP contribution in [0.2, 0.25) is 5.02 Å². The van der Waals surface area contributed by atoms with Crippen LogP contribution in [-0.4, -0.2) is 0 Å². The van der Waals surface area contributed by atoms with Crippen molar-refractivity contribution >= 4 is 11.6 Å². The molecule has 2 aliphatic rings.